The SMILES string of the molecule is NC(=O)OCCN1CC(c2cccc(C(F)(F)F)c2)N(c2ccc(Oc3ccc(Cl)cc3)cc2)C1=O. The maximum Gasteiger partial charge on any atom is 0.416 e. The van der Waals surface area contributed by atoms with Crippen LogP contribution in [-0.4, -0.2) is 36.7 Å². The van der Waals surface area contributed by atoms with E-state index in [0.29, 0.717) is 27.8 Å². The highest BCUT2D eigenvalue weighted by molar-refractivity contribution is 6.30. The fourth-order valence-corrected chi connectivity index (χ4v) is 4.00. The molecule has 3 aromatic carbocycles. The number of ether oxygens (including phenoxy) is 2. The molecule has 0 aromatic heterocycles. The Morgan fingerprint density at radius 2 is 1.67 bits per heavy atom. The number of alkyl halides is 3. The molecule has 1 heterocycles. The molecule has 1 fully saturated rings. The zero-order valence-corrected chi connectivity index (χ0v) is 19.5. The number of nitrogens with two attached hydrogens (primary N) is 1. The minimum atomic E-state index is -4.53. The van der Waals surface area contributed by atoms with Crippen LogP contribution in [0.15, 0.2) is 72.8 Å². The summed E-state index contributed by atoms with van der Waals surface area (Å²) in [7, 11) is 0. The van der Waals surface area contributed by atoms with E-state index < -0.39 is 29.9 Å². The molecule has 36 heavy (non-hydrogen) atoms. The predicted molar refractivity (Wildman–Crippen MR) is 127 cm³/mol. The van der Waals surface area contributed by atoms with Crippen molar-refractivity contribution in [1.29, 1.82) is 0 Å². The summed E-state index contributed by atoms with van der Waals surface area (Å²) < 4.78 is 50.5. The Labute approximate surface area is 209 Å². The molecule has 1 aliphatic rings. The van der Waals surface area contributed by atoms with Crippen LogP contribution in [0.1, 0.15) is 17.2 Å². The molecule has 4 rings (SSSR count). The lowest BCUT2D eigenvalue weighted by atomic mass is 10.0. The fourth-order valence-electron chi connectivity index (χ4n) is 3.88. The lowest BCUT2D eigenvalue weighted by molar-refractivity contribution is -0.137. The number of amides is 3. The second-order valence-corrected chi connectivity index (χ2v) is 8.39. The summed E-state index contributed by atoms with van der Waals surface area (Å²) in [6, 6.07) is 17.1. The minimum absolute atomic E-state index is 0.0332. The fraction of sp³-hybridized carbons (Fsp3) is 0.200. The highest BCUT2D eigenvalue weighted by Gasteiger charge is 2.40. The second kappa shape index (κ2) is 10.4. The summed E-state index contributed by atoms with van der Waals surface area (Å²) in [5, 5.41) is 0.566. The van der Waals surface area contributed by atoms with Gasteiger partial charge in [0.05, 0.1) is 18.2 Å². The molecule has 1 atom stereocenters. The van der Waals surface area contributed by atoms with Crippen LogP contribution in [0, 0.1) is 0 Å². The Morgan fingerprint density at radius 1 is 1.03 bits per heavy atom. The molecule has 0 aliphatic carbocycles. The van der Waals surface area contributed by atoms with Gasteiger partial charge in [0.15, 0.2) is 0 Å². The van der Waals surface area contributed by atoms with E-state index in [1.54, 1.807) is 54.6 Å². The van der Waals surface area contributed by atoms with Gasteiger partial charge in [-0.05, 0) is 66.2 Å². The third kappa shape index (κ3) is 5.83. The van der Waals surface area contributed by atoms with Crippen LogP contribution in [-0.2, 0) is 10.9 Å². The molecule has 3 aromatic rings. The van der Waals surface area contributed by atoms with Crippen molar-refractivity contribution >= 4 is 29.4 Å². The van der Waals surface area contributed by atoms with E-state index in [4.69, 9.17) is 26.8 Å². The van der Waals surface area contributed by atoms with E-state index in [1.165, 1.54) is 15.9 Å². The van der Waals surface area contributed by atoms with Crippen molar-refractivity contribution in [2.45, 2.75) is 12.2 Å². The standard InChI is InChI=1S/C25H21ClF3N3O4/c26-18-4-8-20(9-5-18)36-21-10-6-19(7-11-21)32-22(15-31(24(32)34)12-13-35-23(30)33)16-2-1-3-17(14-16)25(27,28)29/h1-11,14,22H,12-13,15H2,(H2,30,33). The topological polar surface area (TPSA) is 85.1 Å². The largest absolute Gasteiger partial charge is 0.457 e. The zero-order chi connectivity index (χ0) is 25.9. The molecule has 0 spiro atoms. The van der Waals surface area contributed by atoms with E-state index in [1.807, 2.05) is 0 Å². The van der Waals surface area contributed by atoms with E-state index >= 15 is 0 Å². The summed E-state index contributed by atoms with van der Waals surface area (Å²) in [5.74, 6) is 1.06. The van der Waals surface area contributed by atoms with Crippen LogP contribution in [0.3, 0.4) is 0 Å². The third-order valence-electron chi connectivity index (χ3n) is 5.55. The summed E-state index contributed by atoms with van der Waals surface area (Å²) in [6.07, 6.45) is -5.51. The number of rotatable bonds is 7. The first-order valence-corrected chi connectivity index (χ1v) is 11.2. The first-order valence-electron chi connectivity index (χ1n) is 10.8. The van der Waals surface area contributed by atoms with Gasteiger partial charge in [-0.25, -0.2) is 9.59 Å². The Bertz CT molecular complexity index is 1240. The highest BCUT2D eigenvalue weighted by atomic mass is 35.5. The molecule has 1 unspecified atom stereocenters. The van der Waals surface area contributed by atoms with E-state index in [-0.39, 0.29) is 19.7 Å². The van der Waals surface area contributed by atoms with Crippen LogP contribution in [0.25, 0.3) is 0 Å². The number of nitrogens with zero attached hydrogens (tertiary/aromatic N) is 2. The maximum atomic E-state index is 13.3. The van der Waals surface area contributed by atoms with Crippen molar-refractivity contribution in [3.05, 3.63) is 88.9 Å². The van der Waals surface area contributed by atoms with Crippen molar-refractivity contribution in [3.63, 3.8) is 0 Å². The normalized spacial score (nSPS) is 15.8. The summed E-state index contributed by atoms with van der Waals surface area (Å²) >= 11 is 5.89. The van der Waals surface area contributed by atoms with Crippen molar-refractivity contribution in [3.8, 4) is 11.5 Å². The Balaban J connectivity index is 1.61. The van der Waals surface area contributed by atoms with Crippen LogP contribution in [0.5, 0.6) is 11.5 Å². The number of benzene rings is 3. The summed E-state index contributed by atoms with van der Waals surface area (Å²) in [6.45, 7) is -0.0190. The number of halogens is 4. The second-order valence-electron chi connectivity index (χ2n) is 7.95. The summed E-state index contributed by atoms with van der Waals surface area (Å²) in [5.41, 5.74) is 4.95. The smallest absolute Gasteiger partial charge is 0.416 e. The van der Waals surface area contributed by atoms with Crippen molar-refractivity contribution < 1.29 is 32.2 Å². The quantitative estimate of drug-likeness (QED) is 0.401. The molecular formula is C25H21ClF3N3O4. The number of hydrogen-bond donors (Lipinski definition) is 1. The average molecular weight is 520 g/mol. The van der Waals surface area contributed by atoms with Crippen molar-refractivity contribution in [2.75, 3.05) is 24.6 Å². The van der Waals surface area contributed by atoms with Gasteiger partial charge in [-0.3, -0.25) is 4.90 Å². The monoisotopic (exact) mass is 519 g/mol. The lowest BCUT2D eigenvalue weighted by Gasteiger charge is -2.24. The van der Waals surface area contributed by atoms with E-state index in [0.717, 1.165) is 12.1 Å². The maximum absolute atomic E-state index is 13.3. The molecule has 0 saturated carbocycles. The number of carbonyl (C=O) groups is 2. The molecule has 0 bridgehead atoms. The van der Waals surface area contributed by atoms with Crippen LogP contribution in [0.2, 0.25) is 5.02 Å². The molecule has 0 radical (unpaired) electrons. The van der Waals surface area contributed by atoms with E-state index in [2.05, 4.69) is 0 Å². The molecule has 11 heteroatoms. The Hall–Kier alpha value is -3.92. The van der Waals surface area contributed by atoms with Gasteiger partial charge in [-0.1, -0.05) is 23.7 Å². The van der Waals surface area contributed by atoms with Gasteiger partial charge in [0.25, 0.3) is 0 Å². The Morgan fingerprint density at radius 3 is 2.28 bits per heavy atom. The van der Waals surface area contributed by atoms with Crippen molar-refractivity contribution in [1.82, 2.24) is 4.90 Å². The van der Waals surface area contributed by atoms with Gasteiger partial charge in [-0.2, -0.15) is 13.2 Å². The van der Waals surface area contributed by atoms with Gasteiger partial charge < -0.3 is 20.1 Å². The van der Waals surface area contributed by atoms with Gasteiger partial charge in [0, 0.05) is 17.3 Å². The average Bonchev–Trinajstić information content (AvgIpc) is 3.16. The number of anilines is 1. The minimum Gasteiger partial charge on any atom is -0.457 e. The zero-order valence-electron chi connectivity index (χ0n) is 18.7. The Kier molecular flexibility index (Phi) is 7.25. The number of carbonyl (C=O) groups excluding carboxylic acids is 2. The van der Waals surface area contributed by atoms with E-state index in [9.17, 15) is 22.8 Å². The van der Waals surface area contributed by atoms with Crippen LogP contribution >= 0.6 is 11.6 Å². The van der Waals surface area contributed by atoms with Crippen molar-refractivity contribution in [2.24, 2.45) is 5.73 Å². The first kappa shape index (κ1) is 25.2. The van der Waals surface area contributed by atoms with Crippen LogP contribution in [0.4, 0.5) is 28.4 Å². The first-order chi connectivity index (χ1) is 17.1. The summed E-state index contributed by atoms with van der Waals surface area (Å²) in [4.78, 5) is 27.0. The molecule has 1 saturated heterocycles. The number of hydrogen-bond acceptors (Lipinski definition) is 4. The number of urea groups is 1. The van der Waals surface area contributed by atoms with Gasteiger partial charge in [0.2, 0.25) is 0 Å². The molecule has 1 aliphatic heterocycles. The van der Waals surface area contributed by atoms with Gasteiger partial charge in [-0.15, -0.1) is 0 Å². The number of primary amides is 1. The van der Waals surface area contributed by atoms with Crippen LogP contribution < -0.4 is 15.4 Å². The lowest BCUT2D eigenvalue weighted by Crippen LogP contribution is -2.35. The molecule has 7 nitrogen and oxygen atoms in total. The molecule has 2 N–H and O–H groups in total. The predicted octanol–water partition coefficient (Wildman–Crippen LogP) is 6.23. The molecular weight excluding hydrogens is 499 g/mol. The molecule has 188 valence electrons. The molecule has 3 amide bonds. The highest BCUT2D eigenvalue weighted by Crippen LogP contribution is 2.38. The van der Waals surface area contributed by atoms with Gasteiger partial charge in [0.1, 0.15) is 18.1 Å². The van der Waals surface area contributed by atoms with Gasteiger partial charge >= 0.3 is 18.3 Å². The third-order valence-corrected chi connectivity index (χ3v) is 5.80.